The summed E-state index contributed by atoms with van der Waals surface area (Å²) in [6.07, 6.45) is 4.01. The number of allylic oxidation sites excluding steroid dienone is 2. The highest BCUT2D eigenvalue weighted by molar-refractivity contribution is 5.17. The molecular weight excluding hydrogens is 152 g/mol. The van der Waals surface area contributed by atoms with Crippen LogP contribution in [0.4, 0.5) is 0 Å². The number of hydrogen-bond acceptors (Lipinski definition) is 2. The number of methoxy groups -OCH3 is 2. The van der Waals surface area contributed by atoms with Gasteiger partial charge in [-0.1, -0.05) is 5.57 Å². The molecule has 2 heteroatoms. The van der Waals surface area contributed by atoms with Gasteiger partial charge in [-0.25, -0.2) is 0 Å². The minimum absolute atomic E-state index is 0.0931. The van der Waals surface area contributed by atoms with Crippen LogP contribution in [0, 0.1) is 0 Å². The van der Waals surface area contributed by atoms with E-state index in [1.54, 1.807) is 14.2 Å². The molecule has 2 nitrogen and oxygen atoms in total. The predicted molar refractivity (Wildman–Crippen MR) is 51.0 cm³/mol. The second kappa shape index (κ2) is 5.84. The highest BCUT2D eigenvalue weighted by atomic mass is 16.5. The molecule has 0 amide bonds. The monoisotopic (exact) mass is 170 g/mol. The fourth-order valence-electron chi connectivity index (χ4n) is 0.759. The van der Waals surface area contributed by atoms with Crippen LogP contribution >= 0.6 is 0 Å². The van der Waals surface area contributed by atoms with Gasteiger partial charge < -0.3 is 9.47 Å². The average Bonchev–Trinajstić information content (AvgIpc) is 2.02. The van der Waals surface area contributed by atoms with E-state index in [4.69, 9.17) is 9.47 Å². The molecule has 0 rings (SSSR count). The Kier molecular flexibility index (Phi) is 5.47. The zero-order valence-electron chi connectivity index (χ0n) is 8.55. The van der Waals surface area contributed by atoms with E-state index in [0.717, 1.165) is 5.76 Å². The van der Waals surface area contributed by atoms with E-state index in [0.29, 0.717) is 0 Å². The van der Waals surface area contributed by atoms with E-state index in [9.17, 15) is 0 Å². The summed E-state index contributed by atoms with van der Waals surface area (Å²) in [4.78, 5) is 0. The Morgan fingerprint density at radius 2 is 1.83 bits per heavy atom. The van der Waals surface area contributed by atoms with E-state index in [1.807, 2.05) is 32.9 Å². The Morgan fingerprint density at radius 1 is 1.25 bits per heavy atom. The van der Waals surface area contributed by atoms with Gasteiger partial charge >= 0.3 is 0 Å². The maximum Gasteiger partial charge on any atom is 0.117 e. The summed E-state index contributed by atoms with van der Waals surface area (Å²) in [6, 6.07) is 0. The molecule has 0 heterocycles. The number of ether oxygens (including phenoxy) is 2. The van der Waals surface area contributed by atoms with E-state index in [2.05, 4.69) is 0 Å². The fraction of sp³-hybridized carbons (Fsp3) is 0.600. The molecule has 0 aliphatic carbocycles. The van der Waals surface area contributed by atoms with Crippen molar-refractivity contribution in [3.8, 4) is 0 Å². The minimum Gasteiger partial charge on any atom is -0.497 e. The van der Waals surface area contributed by atoms with Gasteiger partial charge in [0.15, 0.2) is 0 Å². The van der Waals surface area contributed by atoms with Gasteiger partial charge in [0.05, 0.1) is 13.2 Å². The van der Waals surface area contributed by atoms with Gasteiger partial charge in [-0.05, 0) is 32.9 Å². The highest BCUT2D eigenvalue weighted by Crippen LogP contribution is 2.05. The average molecular weight is 170 g/mol. The largest absolute Gasteiger partial charge is 0.497 e. The molecule has 12 heavy (non-hydrogen) atoms. The fourth-order valence-corrected chi connectivity index (χ4v) is 0.759. The normalized spacial score (nSPS) is 13.9. The van der Waals surface area contributed by atoms with Crippen molar-refractivity contribution in [2.75, 3.05) is 14.2 Å². The summed E-state index contributed by atoms with van der Waals surface area (Å²) in [7, 11) is 3.34. The number of hydrogen-bond donors (Lipinski definition) is 0. The summed E-state index contributed by atoms with van der Waals surface area (Å²) in [5.41, 5.74) is 1.21. The Morgan fingerprint density at radius 3 is 2.17 bits per heavy atom. The molecule has 0 saturated heterocycles. The molecule has 0 aliphatic rings. The summed E-state index contributed by atoms with van der Waals surface area (Å²) in [6.45, 7) is 6.03. The van der Waals surface area contributed by atoms with Crippen LogP contribution in [-0.4, -0.2) is 20.3 Å². The van der Waals surface area contributed by atoms with Crippen molar-refractivity contribution in [2.45, 2.75) is 26.9 Å². The molecule has 0 spiro atoms. The molecular formula is C10H18O2. The van der Waals surface area contributed by atoms with Crippen LogP contribution in [0.25, 0.3) is 0 Å². The summed E-state index contributed by atoms with van der Waals surface area (Å²) in [5, 5.41) is 0. The Bertz CT molecular complexity index is 176. The molecule has 0 fully saturated rings. The molecule has 0 saturated carbocycles. The van der Waals surface area contributed by atoms with E-state index >= 15 is 0 Å². The molecule has 0 N–H and O–H groups in total. The first-order valence-corrected chi connectivity index (χ1v) is 4.03. The Hall–Kier alpha value is -0.760. The van der Waals surface area contributed by atoms with Crippen LogP contribution in [0.3, 0.4) is 0 Å². The van der Waals surface area contributed by atoms with Gasteiger partial charge in [0, 0.05) is 7.11 Å². The third-order valence-electron chi connectivity index (χ3n) is 1.44. The van der Waals surface area contributed by atoms with Gasteiger partial charge in [-0.3, -0.25) is 0 Å². The second-order valence-corrected chi connectivity index (χ2v) is 2.94. The number of rotatable bonds is 4. The third kappa shape index (κ3) is 4.97. The molecule has 70 valence electrons. The van der Waals surface area contributed by atoms with Crippen LogP contribution in [0.1, 0.15) is 20.8 Å². The lowest BCUT2D eigenvalue weighted by atomic mass is 10.2. The van der Waals surface area contributed by atoms with Gasteiger partial charge in [-0.2, -0.15) is 0 Å². The lowest BCUT2D eigenvalue weighted by Crippen LogP contribution is -2.01. The van der Waals surface area contributed by atoms with Crippen LogP contribution < -0.4 is 0 Å². The topological polar surface area (TPSA) is 18.5 Å². The van der Waals surface area contributed by atoms with Crippen LogP contribution in [0.2, 0.25) is 0 Å². The van der Waals surface area contributed by atoms with Gasteiger partial charge in [0.25, 0.3) is 0 Å². The van der Waals surface area contributed by atoms with Crippen molar-refractivity contribution in [3.05, 3.63) is 23.5 Å². The maximum absolute atomic E-state index is 5.14. The van der Waals surface area contributed by atoms with Gasteiger partial charge in [0.2, 0.25) is 0 Å². The maximum atomic E-state index is 5.14. The molecule has 1 unspecified atom stereocenters. The quantitative estimate of drug-likeness (QED) is 0.477. The van der Waals surface area contributed by atoms with E-state index in [1.165, 1.54) is 5.57 Å². The Balaban J connectivity index is 4.33. The lowest BCUT2D eigenvalue weighted by molar-refractivity contribution is 0.151. The second-order valence-electron chi connectivity index (χ2n) is 2.94. The van der Waals surface area contributed by atoms with Crippen molar-refractivity contribution in [1.29, 1.82) is 0 Å². The Labute approximate surface area is 74.9 Å². The molecule has 0 aromatic rings. The summed E-state index contributed by atoms with van der Waals surface area (Å²) < 4.78 is 10.2. The predicted octanol–water partition coefficient (Wildman–Crippen LogP) is 2.52. The molecule has 0 radical (unpaired) electrons. The van der Waals surface area contributed by atoms with Crippen molar-refractivity contribution in [1.82, 2.24) is 0 Å². The van der Waals surface area contributed by atoms with E-state index in [-0.39, 0.29) is 6.10 Å². The SMILES string of the molecule is CO/C(C=C(C)C)=C/C(C)OC. The van der Waals surface area contributed by atoms with Gasteiger partial charge in [-0.15, -0.1) is 0 Å². The zero-order chi connectivity index (χ0) is 9.56. The molecule has 0 bridgehead atoms. The van der Waals surface area contributed by atoms with Crippen molar-refractivity contribution in [3.63, 3.8) is 0 Å². The van der Waals surface area contributed by atoms with Crippen LogP contribution in [0.5, 0.6) is 0 Å². The summed E-state index contributed by atoms with van der Waals surface area (Å²) >= 11 is 0. The smallest absolute Gasteiger partial charge is 0.117 e. The van der Waals surface area contributed by atoms with Gasteiger partial charge in [0.1, 0.15) is 5.76 Å². The lowest BCUT2D eigenvalue weighted by Gasteiger charge is -2.06. The molecule has 1 atom stereocenters. The summed E-state index contributed by atoms with van der Waals surface area (Å²) in [5.74, 6) is 0.851. The standard InChI is InChI=1S/C10H18O2/c1-8(2)6-10(12-5)7-9(3)11-4/h6-7,9H,1-5H3/b10-7+. The first-order chi connectivity index (χ1) is 5.60. The third-order valence-corrected chi connectivity index (χ3v) is 1.44. The first-order valence-electron chi connectivity index (χ1n) is 4.03. The van der Waals surface area contributed by atoms with Crippen LogP contribution in [0.15, 0.2) is 23.5 Å². The van der Waals surface area contributed by atoms with Crippen molar-refractivity contribution >= 4 is 0 Å². The van der Waals surface area contributed by atoms with E-state index < -0.39 is 0 Å². The zero-order valence-corrected chi connectivity index (χ0v) is 8.55. The molecule has 0 aliphatic heterocycles. The van der Waals surface area contributed by atoms with Crippen molar-refractivity contribution < 1.29 is 9.47 Å². The minimum atomic E-state index is 0.0931. The highest BCUT2D eigenvalue weighted by Gasteiger charge is 1.96. The van der Waals surface area contributed by atoms with Crippen molar-refractivity contribution in [2.24, 2.45) is 0 Å². The molecule has 0 aromatic heterocycles. The molecule has 0 aromatic carbocycles. The van der Waals surface area contributed by atoms with Crippen LogP contribution in [-0.2, 0) is 9.47 Å². The first kappa shape index (κ1) is 11.2.